The number of benzene rings is 1. The third kappa shape index (κ3) is 3.00. The van der Waals surface area contributed by atoms with Gasteiger partial charge in [0.25, 0.3) is 0 Å². The maximum Gasteiger partial charge on any atom is 0.142 e. The summed E-state index contributed by atoms with van der Waals surface area (Å²) in [6.45, 7) is 2.05. The highest BCUT2D eigenvalue weighted by molar-refractivity contribution is 8.03. The first kappa shape index (κ1) is 15.1. The van der Waals surface area contributed by atoms with E-state index < -0.39 is 11.6 Å². The van der Waals surface area contributed by atoms with Crippen LogP contribution in [0.1, 0.15) is 15.3 Å². The predicted molar refractivity (Wildman–Crippen MR) is 88.2 cm³/mol. The Balaban J connectivity index is 1.93. The average Bonchev–Trinajstić information content (AvgIpc) is 2.97. The maximum atomic E-state index is 13.7. The highest BCUT2D eigenvalue weighted by Gasteiger charge is 2.11. The summed E-state index contributed by atoms with van der Waals surface area (Å²) in [4.78, 5) is 1.81. The van der Waals surface area contributed by atoms with Crippen molar-refractivity contribution in [3.63, 3.8) is 0 Å². The fourth-order valence-electron chi connectivity index (χ4n) is 1.93. The summed E-state index contributed by atoms with van der Waals surface area (Å²) in [6, 6.07) is 6.38. The van der Waals surface area contributed by atoms with Gasteiger partial charge in [0.05, 0.1) is 9.77 Å². The molecule has 1 aromatic carbocycles. The van der Waals surface area contributed by atoms with Crippen LogP contribution in [0, 0.1) is 41.1 Å². The largest absolute Gasteiger partial charge is 0.206 e. The summed E-state index contributed by atoms with van der Waals surface area (Å²) in [5, 5.41) is 10.2. The van der Waals surface area contributed by atoms with Gasteiger partial charge in [-0.2, -0.15) is 5.26 Å². The van der Waals surface area contributed by atoms with Gasteiger partial charge in [-0.1, -0.05) is 11.8 Å². The molecule has 0 saturated heterocycles. The van der Waals surface area contributed by atoms with E-state index in [0.717, 1.165) is 17.0 Å². The normalized spacial score (nSPS) is 10.3. The Bertz CT molecular complexity index is 912. The van der Waals surface area contributed by atoms with E-state index in [1.165, 1.54) is 14.3 Å². The van der Waals surface area contributed by atoms with E-state index in [1.54, 1.807) is 28.1 Å². The summed E-state index contributed by atoms with van der Waals surface area (Å²) in [5.41, 5.74) is 0.255. The number of rotatable bonds is 1. The lowest BCUT2D eigenvalue weighted by Gasteiger charge is -1.99. The van der Waals surface area contributed by atoms with Gasteiger partial charge in [-0.05, 0) is 43.0 Å². The number of hydrogen-bond acceptors (Lipinski definition) is 4. The van der Waals surface area contributed by atoms with Crippen LogP contribution in [0.2, 0.25) is 0 Å². The molecule has 0 bridgehead atoms. The zero-order valence-electron chi connectivity index (χ0n) is 11.2. The Hall–Kier alpha value is -1.86. The number of thiocyanates is 1. The van der Waals surface area contributed by atoms with Crippen molar-refractivity contribution in [2.75, 3.05) is 0 Å². The van der Waals surface area contributed by atoms with Crippen molar-refractivity contribution >= 4 is 43.8 Å². The van der Waals surface area contributed by atoms with Gasteiger partial charge in [-0.3, -0.25) is 0 Å². The fraction of sp³-hybridized carbons (Fsp3) is 0.0625. The molecule has 0 spiro atoms. The molecule has 0 unspecified atom stereocenters. The molecule has 22 heavy (non-hydrogen) atoms. The minimum absolute atomic E-state index is 0.255. The van der Waals surface area contributed by atoms with Crippen LogP contribution in [0.25, 0.3) is 9.40 Å². The van der Waals surface area contributed by atoms with Crippen molar-refractivity contribution in [3.05, 3.63) is 51.2 Å². The average molecular weight is 347 g/mol. The fourth-order valence-corrected chi connectivity index (χ4v) is 4.50. The first-order chi connectivity index (χ1) is 10.6. The Morgan fingerprint density at radius 1 is 1.00 bits per heavy atom. The summed E-state index contributed by atoms with van der Waals surface area (Å²) < 4.78 is 29.8. The van der Waals surface area contributed by atoms with Gasteiger partial charge in [0.15, 0.2) is 0 Å². The first-order valence-electron chi connectivity index (χ1n) is 6.14. The zero-order chi connectivity index (χ0) is 15.7. The number of fused-ring (bicyclic) bond motifs is 1. The Labute approximate surface area is 138 Å². The molecule has 3 rings (SSSR count). The Morgan fingerprint density at radius 3 is 2.32 bits per heavy atom. The second-order valence-corrected chi connectivity index (χ2v) is 7.58. The number of hydrogen-bond donors (Lipinski definition) is 0. The molecule has 1 nitrogen and oxygen atoms in total. The Morgan fingerprint density at radius 2 is 1.68 bits per heavy atom. The van der Waals surface area contributed by atoms with Gasteiger partial charge in [0.2, 0.25) is 0 Å². The molecule has 0 amide bonds. The topological polar surface area (TPSA) is 23.8 Å². The van der Waals surface area contributed by atoms with Gasteiger partial charge in [0.1, 0.15) is 17.0 Å². The smallest absolute Gasteiger partial charge is 0.142 e. The van der Waals surface area contributed by atoms with Crippen molar-refractivity contribution in [2.45, 2.75) is 11.8 Å². The van der Waals surface area contributed by atoms with Gasteiger partial charge < -0.3 is 0 Å². The molecular formula is C16H7F2NS3. The van der Waals surface area contributed by atoms with E-state index in [2.05, 4.69) is 24.8 Å². The van der Waals surface area contributed by atoms with E-state index in [-0.39, 0.29) is 10.5 Å². The minimum atomic E-state index is -0.765. The number of thiophene rings is 2. The van der Waals surface area contributed by atoms with Gasteiger partial charge in [-0.15, -0.1) is 22.7 Å². The Kier molecular flexibility index (Phi) is 4.17. The summed E-state index contributed by atoms with van der Waals surface area (Å²) in [6.07, 6.45) is 0. The summed E-state index contributed by atoms with van der Waals surface area (Å²) in [5.74, 6) is 4.17. The number of aryl methyl sites for hydroxylation is 1. The van der Waals surface area contributed by atoms with E-state index in [4.69, 9.17) is 5.26 Å². The molecule has 0 aliphatic heterocycles. The predicted octanol–water partition coefficient (Wildman–Crippen LogP) is 5.52. The molecule has 0 fully saturated rings. The lowest BCUT2D eigenvalue weighted by molar-refractivity contribution is 0.540. The monoisotopic (exact) mass is 347 g/mol. The molecule has 6 heteroatoms. The quantitative estimate of drug-likeness (QED) is 0.329. The van der Waals surface area contributed by atoms with Crippen LogP contribution in [0.4, 0.5) is 8.78 Å². The van der Waals surface area contributed by atoms with Crippen LogP contribution in [0.15, 0.2) is 29.2 Å². The number of thioether (sulfide) groups is 1. The number of nitrogens with zero attached hydrogens (tertiary/aromatic N) is 1. The minimum Gasteiger partial charge on any atom is -0.206 e. The number of halogens is 2. The summed E-state index contributed by atoms with van der Waals surface area (Å²) >= 11 is 3.72. The molecule has 0 saturated carbocycles. The van der Waals surface area contributed by atoms with Crippen LogP contribution in [-0.4, -0.2) is 0 Å². The van der Waals surface area contributed by atoms with Crippen molar-refractivity contribution in [3.8, 4) is 17.2 Å². The van der Waals surface area contributed by atoms with Gasteiger partial charge in [0, 0.05) is 19.8 Å². The van der Waals surface area contributed by atoms with E-state index in [0.29, 0.717) is 11.8 Å². The molecule has 0 aliphatic carbocycles. The van der Waals surface area contributed by atoms with Gasteiger partial charge in [-0.25, -0.2) is 8.78 Å². The van der Waals surface area contributed by atoms with Crippen molar-refractivity contribution in [2.24, 2.45) is 0 Å². The van der Waals surface area contributed by atoms with E-state index in [9.17, 15) is 8.78 Å². The van der Waals surface area contributed by atoms with Crippen LogP contribution in [0.3, 0.4) is 0 Å². The van der Waals surface area contributed by atoms with Crippen molar-refractivity contribution in [1.82, 2.24) is 0 Å². The first-order valence-corrected chi connectivity index (χ1v) is 8.59. The highest BCUT2D eigenvalue weighted by atomic mass is 32.2. The van der Waals surface area contributed by atoms with E-state index in [1.807, 2.05) is 6.07 Å². The molecule has 0 radical (unpaired) electrons. The molecular weight excluding hydrogens is 340 g/mol. The lowest BCUT2D eigenvalue weighted by atomic mass is 10.2. The summed E-state index contributed by atoms with van der Waals surface area (Å²) in [7, 11) is 0. The highest BCUT2D eigenvalue weighted by Crippen LogP contribution is 2.32. The van der Waals surface area contributed by atoms with E-state index >= 15 is 0 Å². The van der Waals surface area contributed by atoms with Crippen LogP contribution < -0.4 is 0 Å². The maximum absolute atomic E-state index is 13.7. The third-order valence-electron chi connectivity index (χ3n) is 2.81. The lowest BCUT2D eigenvalue weighted by Crippen LogP contribution is -1.89. The molecule has 108 valence electrons. The second-order valence-electron chi connectivity index (χ2n) is 4.41. The second kappa shape index (κ2) is 6.10. The SMILES string of the molecule is Cc1cc2sc(C#Cc3cc(F)c(SC#N)c(F)c3)cc2s1. The molecule has 2 aromatic heterocycles. The molecule has 0 N–H and O–H groups in total. The number of nitriles is 1. The third-order valence-corrected chi connectivity index (χ3v) is 5.62. The zero-order valence-corrected chi connectivity index (χ0v) is 13.7. The molecule has 3 aromatic rings. The standard InChI is InChI=1S/C16H7F2NS3/c1-9-4-14-15(21-9)7-11(22-14)3-2-10-5-12(17)16(20-8-19)13(18)6-10/h4-7H,1H3. The molecule has 0 aliphatic rings. The van der Waals surface area contributed by atoms with Crippen LogP contribution >= 0.6 is 34.4 Å². The van der Waals surface area contributed by atoms with Crippen molar-refractivity contribution < 1.29 is 8.78 Å². The molecule has 0 atom stereocenters. The van der Waals surface area contributed by atoms with Gasteiger partial charge >= 0.3 is 0 Å². The van der Waals surface area contributed by atoms with Crippen LogP contribution in [-0.2, 0) is 0 Å². The van der Waals surface area contributed by atoms with Crippen molar-refractivity contribution in [1.29, 1.82) is 5.26 Å². The van der Waals surface area contributed by atoms with Crippen LogP contribution in [0.5, 0.6) is 0 Å². The molecule has 2 heterocycles.